The van der Waals surface area contributed by atoms with Gasteiger partial charge in [-0.25, -0.2) is 8.78 Å². The van der Waals surface area contributed by atoms with Crippen molar-refractivity contribution in [2.24, 2.45) is 5.92 Å². The summed E-state index contributed by atoms with van der Waals surface area (Å²) >= 11 is 0. The third kappa shape index (κ3) is 4.83. The largest absolute Gasteiger partial charge is 0.457 e. The highest BCUT2D eigenvalue weighted by atomic mass is 19.2. The predicted octanol–water partition coefficient (Wildman–Crippen LogP) is 4.50. The van der Waals surface area contributed by atoms with Gasteiger partial charge in [0, 0.05) is 12.6 Å². The lowest BCUT2D eigenvalue weighted by Crippen LogP contribution is -2.18. The number of rotatable bonds is 6. The molecule has 4 heteroatoms. The maximum atomic E-state index is 13.1. The Morgan fingerprint density at radius 2 is 1.62 bits per heavy atom. The van der Waals surface area contributed by atoms with Crippen LogP contribution in [0.15, 0.2) is 42.5 Å². The zero-order chi connectivity index (χ0) is 15.2. The maximum absolute atomic E-state index is 13.1. The molecule has 0 radical (unpaired) electrons. The number of ether oxygens (including phenoxy) is 1. The molecule has 21 heavy (non-hydrogen) atoms. The summed E-state index contributed by atoms with van der Waals surface area (Å²) in [5, 5.41) is 3.35. The van der Waals surface area contributed by atoms with Gasteiger partial charge in [0.15, 0.2) is 11.6 Å². The summed E-state index contributed by atoms with van der Waals surface area (Å²) in [5.41, 5.74) is 1.15. The van der Waals surface area contributed by atoms with E-state index in [2.05, 4.69) is 19.2 Å². The molecule has 0 saturated heterocycles. The molecule has 112 valence electrons. The summed E-state index contributed by atoms with van der Waals surface area (Å²) in [6, 6.07) is 11.0. The Balaban J connectivity index is 1.94. The molecule has 2 aromatic carbocycles. The van der Waals surface area contributed by atoms with Crippen LogP contribution < -0.4 is 10.1 Å². The van der Waals surface area contributed by atoms with Gasteiger partial charge in [-0.3, -0.25) is 0 Å². The molecule has 0 heterocycles. The highest BCUT2D eigenvalue weighted by Crippen LogP contribution is 2.23. The van der Waals surface area contributed by atoms with Gasteiger partial charge in [0.05, 0.1) is 0 Å². The SMILES string of the molecule is CC(C)CNCc1ccc(Oc2ccc(F)c(F)c2)cc1. The van der Waals surface area contributed by atoms with E-state index < -0.39 is 11.6 Å². The standard InChI is InChI=1S/C17H19F2NO/c1-12(2)10-20-11-13-3-5-14(6-4-13)21-15-7-8-16(18)17(19)9-15/h3-9,12,20H,10-11H2,1-2H3. The van der Waals surface area contributed by atoms with Gasteiger partial charge in [0.25, 0.3) is 0 Å². The number of halogens is 2. The molecule has 2 aromatic rings. The second kappa shape index (κ2) is 7.18. The third-order valence-corrected chi connectivity index (χ3v) is 2.93. The Morgan fingerprint density at radius 1 is 0.952 bits per heavy atom. The topological polar surface area (TPSA) is 21.3 Å². The Bertz CT molecular complexity index is 582. The van der Waals surface area contributed by atoms with E-state index in [-0.39, 0.29) is 5.75 Å². The van der Waals surface area contributed by atoms with E-state index in [9.17, 15) is 8.78 Å². The molecule has 0 aliphatic carbocycles. The van der Waals surface area contributed by atoms with Crippen molar-refractivity contribution in [3.05, 3.63) is 59.7 Å². The zero-order valence-corrected chi connectivity index (χ0v) is 12.2. The first-order valence-electron chi connectivity index (χ1n) is 6.97. The fourth-order valence-corrected chi connectivity index (χ4v) is 1.86. The second-order valence-electron chi connectivity index (χ2n) is 5.35. The van der Waals surface area contributed by atoms with Crippen LogP contribution in [0.4, 0.5) is 8.78 Å². The average Bonchev–Trinajstić information content (AvgIpc) is 2.44. The zero-order valence-electron chi connectivity index (χ0n) is 12.2. The molecular weight excluding hydrogens is 272 g/mol. The lowest BCUT2D eigenvalue weighted by molar-refractivity contribution is 0.461. The molecule has 0 bridgehead atoms. The van der Waals surface area contributed by atoms with Gasteiger partial charge in [-0.2, -0.15) is 0 Å². The summed E-state index contributed by atoms with van der Waals surface area (Å²) in [5.74, 6) is -0.315. The highest BCUT2D eigenvalue weighted by Gasteiger charge is 2.04. The number of hydrogen-bond acceptors (Lipinski definition) is 2. The summed E-state index contributed by atoms with van der Waals surface area (Å²) < 4.78 is 31.4. The van der Waals surface area contributed by atoms with Crippen LogP contribution in [-0.2, 0) is 6.54 Å². The summed E-state index contributed by atoms with van der Waals surface area (Å²) in [6.07, 6.45) is 0. The molecule has 0 fully saturated rings. The number of nitrogens with one attached hydrogen (secondary N) is 1. The van der Waals surface area contributed by atoms with E-state index in [1.54, 1.807) is 0 Å². The molecule has 2 nitrogen and oxygen atoms in total. The molecule has 0 spiro atoms. The average molecular weight is 291 g/mol. The lowest BCUT2D eigenvalue weighted by Gasteiger charge is -2.09. The van der Waals surface area contributed by atoms with Crippen LogP contribution >= 0.6 is 0 Å². The van der Waals surface area contributed by atoms with Crippen LogP contribution in [-0.4, -0.2) is 6.54 Å². The Labute approximate surface area is 123 Å². The predicted molar refractivity (Wildman–Crippen MR) is 79.4 cm³/mol. The van der Waals surface area contributed by atoms with Gasteiger partial charge in [0.1, 0.15) is 11.5 Å². The van der Waals surface area contributed by atoms with Crippen molar-refractivity contribution in [3.63, 3.8) is 0 Å². The molecule has 0 saturated carbocycles. The Kier molecular flexibility index (Phi) is 5.28. The quantitative estimate of drug-likeness (QED) is 0.846. The first-order valence-corrected chi connectivity index (χ1v) is 6.97. The fourth-order valence-electron chi connectivity index (χ4n) is 1.86. The fraction of sp³-hybridized carbons (Fsp3) is 0.294. The Morgan fingerprint density at radius 3 is 2.24 bits per heavy atom. The van der Waals surface area contributed by atoms with Crippen molar-refractivity contribution >= 4 is 0 Å². The van der Waals surface area contributed by atoms with Crippen LogP contribution in [0.5, 0.6) is 11.5 Å². The molecule has 0 aliphatic rings. The third-order valence-electron chi connectivity index (χ3n) is 2.93. The molecule has 1 N–H and O–H groups in total. The molecule has 0 atom stereocenters. The summed E-state index contributed by atoms with van der Waals surface area (Å²) in [4.78, 5) is 0. The molecule has 0 aromatic heterocycles. The lowest BCUT2D eigenvalue weighted by atomic mass is 10.2. The molecule has 0 unspecified atom stereocenters. The molecule has 2 rings (SSSR count). The normalized spacial score (nSPS) is 10.9. The molecule has 0 aliphatic heterocycles. The van der Waals surface area contributed by atoms with Gasteiger partial charge in [0.2, 0.25) is 0 Å². The van der Waals surface area contributed by atoms with Crippen molar-refractivity contribution in [2.75, 3.05) is 6.54 Å². The summed E-state index contributed by atoms with van der Waals surface area (Å²) in [7, 11) is 0. The maximum Gasteiger partial charge on any atom is 0.162 e. The van der Waals surface area contributed by atoms with E-state index in [1.165, 1.54) is 6.07 Å². The van der Waals surface area contributed by atoms with Gasteiger partial charge in [-0.15, -0.1) is 0 Å². The first kappa shape index (κ1) is 15.4. The monoisotopic (exact) mass is 291 g/mol. The van der Waals surface area contributed by atoms with Crippen LogP contribution in [0.3, 0.4) is 0 Å². The van der Waals surface area contributed by atoms with Crippen LogP contribution in [0.1, 0.15) is 19.4 Å². The van der Waals surface area contributed by atoms with Crippen LogP contribution in [0.25, 0.3) is 0 Å². The number of benzene rings is 2. The first-order chi connectivity index (χ1) is 10.0. The van der Waals surface area contributed by atoms with Crippen molar-refractivity contribution in [3.8, 4) is 11.5 Å². The molecular formula is C17H19F2NO. The van der Waals surface area contributed by atoms with E-state index >= 15 is 0 Å². The van der Waals surface area contributed by atoms with Gasteiger partial charge in [-0.1, -0.05) is 26.0 Å². The van der Waals surface area contributed by atoms with E-state index in [1.807, 2.05) is 24.3 Å². The van der Waals surface area contributed by atoms with E-state index in [0.717, 1.165) is 30.8 Å². The smallest absolute Gasteiger partial charge is 0.162 e. The van der Waals surface area contributed by atoms with Crippen molar-refractivity contribution < 1.29 is 13.5 Å². The van der Waals surface area contributed by atoms with Gasteiger partial charge in [-0.05, 0) is 42.3 Å². The minimum Gasteiger partial charge on any atom is -0.457 e. The second-order valence-corrected chi connectivity index (χ2v) is 5.35. The molecule has 0 amide bonds. The minimum atomic E-state index is -0.915. The van der Waals surface area contributed by atoms with Crippen molar-refractivity contribution in [1.29, 1.82) is 0 Å². The van der Waals surface area contributed by atoms with Gasteiger partial charge >= 0.3 is 0 Å². The van der Waals surface area contributed by atoms with Crippen LogP contribution in [0.2, 0.25) is 0 Å². The van der Waals surface area contributed by atoms with E-state index in [4.69, 9.17) is 4.74 Å². The number of hydrogen-bond donors (Lipinski definition) is 1. The van der Waals surface area contributed by atoms with Crippen molar-refractivity contribution in [1.82, 2.24) is 5.32 Å². The summed E-state index contributed by atoms with van der Waals surface area (Å²) in [6.45, 7) is 6.08. The minimum absolute atomic E-state index is 0.277. The Hall–Kier alpha value is -1.94. The van der Waals surface area contributed by atoms with Crippen molar-refractivity contribution in [2.45, 2.75) is 20.4 Å². The van der Waals surface area contributed by atoms with E-state index in [0.29, 0.717) is 11.7 Å². The highest BCUT2D eigenvalue weighted by molar-refractivity contribution is 5.33. The van der Waals surface area contributed by atoms with Gasteiger partial charge < -0.3 is 10.1 Å². The van der Waals surface area contributed by atoms with Crippen LogP contribution in [0, 0.1) is 17.6 Å².